The number of halogens is 1. The van der Waals surface area contributed by atoms with Crippen LogP contribution >= 0.6 is 0 Å². The van der Waals surface area contributed by atoms with Gasteiger partial charge in [-0.1, -0.05) is 17.3 Å². The number of nitrogens with one attached hydrogen (secondary N) is 1. The van der Waals surface area contributed by atoms with Gasteiger partial charge in [0.15, 0.2) is 5.82 Å². The number of nitrogens with zero attached hydrogens (tertiary/aromatic N) is 2. The predicted octanol–water partition coefficient (Wildman–Crippen LogP) is 1.46. The fourth-order valence-electron chi connectivity index (χ4n) is 1.98. The lowest BCUT2D eigenvalue weighted by Crippen LogP contribution is -2.33. The highest BCUT2D eigenvalue weighted by atomic mass is 19.1. The third-order valence-corrected chi connectivity index (χ3v) is 2.96. The van der Waals surface area contributed by atoms with Crippen molar-refractivity contribution in [3.63, 3.8) is 0 Å². The maximum atomic E-state index is 12.8. The van der Waals surface area contributed by atoms with Gasteiger partial charge in [0.05, 0.1) is 6.61 Å². The van der Waals surface area contributed by atoms with E-state index in [4.69, 9.17) is 9.26 Å². The maximum absolute atomic E-state index is 12.8. The van der Waals surface area contributed by atoms with Crippen LogP contribution in [0.1, 0.15) is 23.4 Å². The van der Waals surface area contributed by atoms with E-state index in [1.165, 1.54) is 12.1 Å². The quantitative estimate of drug-likeness (QED) is 0.908. The van der Waals surface area contributed by atoms with Crippen molar-refractivity contribution in [1.29, 1.82) is 0 Å². The van der Waals surface area contributed by atoms with Crippen molar-refractivity contribution in [2.24, 2.45) is 0 Å². The molecule has 3 rings (SSSR count). The highest BCUT2D eigenvalue weighted by Crippen LogP contribution is 2.17. The summed E-state index contributed by atoms with van der Waals surface area (Å²) in [6.07, 6.45) is 0.340. The maximum Gasteiger partial charge on any atom is 0.257 e. The monoisotopic (exact) mass is 263 g/mol. The summed E-state index contributed by atoms with van der Waals surface area (Å²) in [5.74, 6) is 0.819. The molecule has 19 heavy (non-hydrogen) atoms. The molecule has 0 radical (unpaired) electrons. The van der Waals surface area contributed by atoms with Gasteiger partial charge < -0.3 is 14.6 Å². The van der Waals surface area contributed by atoms with Crippen LogP contribution in [0.5, 0.6) is 0 Å². The second kappa shape index (κ2) is 5.46. The summed E-state index contributed by atoms with van der Waals surface area (Å²) in [6.45, 7) is 2.16. The minimum absolute atomic E-state index is 0.178. The molecular weight excluding hydrogens is 249 g/mol. The average molecular weight is 263 g/mol. The molecule has 1 aromatic heterocycles. The van der Waals surface area contributed by atoms with Gasteiger partial charge in [-0.25, -0.2) is 4.39 Å². The number of benzene rings is 1. The molecule has 0 bridgehead atoms. The Labute approximate surface area is 109 Å². The highest BCUT2D eigenvalue weighted by Gasteiger charge is 2.22. The SMILES string of the molecule is Fc1ccc(Cc2noc(C3CNCCO3)n2)cc1. The van der Waals surface area contributed by atoms with Crippen molar-refractivity contribution < 1.29 is 13.7 Å². The first kappa shape index (κ1) is 12.3. The van der Waals surface area contributed by atoms with Crippen LogP contribution in [-0.4, -0.2) is 29.8 Å². The van der Waals surface area contributed by atoms with Crippen LogP contribution in [0.4, 0.5) is 4.39 Å². The summed E-state index contributed by atoms with van der Waals surface area (Å²) in [5.41, 5.74) is 0.941. The molecule has 100 valence electrons. The highest BCUT2D eigenvalue weighted by molar-refractivity contribution is 5.19. The Bertz CT molecular complexity index is 535. The van der Waals surface area contributed by atoms with Crippen LogP contribution in [0, 0.1) is 5.82 Å². The zero-order valence-electron chi connectivity index (χ0n) is 10.3. The van der Waals surface area contributed by atoms with Gasteiger partial charge in [-0.05, 0) is 17.7 Å². The fraction of sp³-hybridized carbons (Fsp3) is 0.385. The Morgan fingerprint density at radius 2 is 2.16 bits per heavy atom. The van der Waals surface area contributed by atoms with Gasteiger partial charge in [0.1, 0.15) is 11.9 Å². The van der Waals surface area contributed by atoms with Crippen molar-refractivity contribution >= 4 is 0 Å². The van der Waals surface area contributed by atoms with Crippen molar-refractivity contribution in [2.75, 3.05) is 19.7 Å². The Hall–Kier alpha value is -1.79. The van der Waals surface area contributed by atoms with E-state index in [-0.39, 0.29) is 11.9 Å². The molecule has 0 saturated carbocycles. The average Bonchev–Trinajstić information content (AvgIpc) is 2.91. The van der Waals surface area contributed by atoms with Crippen LogP contribution in [-0.2, 0) is 11.2 Å². The lowest BCUT2D eigenvalue weighted by Gasteiger charge is -2.19. The van der Waals surface area contributed by atoms with E-state index >= 15 is 0 Å². The minimum Gasteiger partial charge on any atom is -0.366 e. The Balaban J connectivity index is 1.68. The second-order valence-corrected chi connectivity index (χ2v) is 4.42. The standard InChI is InChI=1S/C13H14FN3O2/c14-10-3-1-9(2-4-10)7-12-16-13(19-17-12)11-8-15-5-6-18-11/h1-4,11,15H,5-8H2. The Kier molecular flexibility index (Phi) is 3.52. The number of aromatic nitrogens is 2. The molecule has 1 N–H and O–H groups in total. The van der Waals surface area contributed by atoms with Crippen molar-refractivity contribution in [1.82, 2.24) is 15.5 Å². The lowest BCUT2D eigenvalue weighted by molar-refractivity contribution is 0.00755. The molecule has 2 heterocycles. The topological polar surface area (TPSA) is 60.2 Å². The van der Waals surface area contributed by atoms with Crippen LogP contribution in [0.2, 0.25) is 0 Å². The van der Waals surface area contributed by atoms with E-state index in [0.29, 0.717) is 31.3 Å². The number of rotatable bonds is 3. The molecule has 0 amide bonds. The molecule has 1 aliphatic heterocycles. The van der Waals surface area contributed by atoms with E-state index in [9.17, 15) is 4.39 Å². The van der Waals surface area contributed by atoms with Gasteiger partial charge in [0.2, 0.25) is 0 Å². The van der Waals surface area contributed by atoms with Gasteiger partial charge in [0.25, 0.3) is 5.89 Å². The number of hydrogen-bond donors (Lipinski definition) is 1. The van der Waals surface area contributed by atoms with Gasteiger partial charge in [-0.15, -0.1) is 0 Å². The molecule has 5 nitrogen and oxygen atoms in total. The van der Waals surface area contributed by atoms with Gasteiger partial charge in [-0.2, -0.15) is 4.98 Å². The normalized spacial score (nSPS) is 19.5. The fourth-order valence-corrected chi connectivity index (χ4v) is 1.98. The zero-order chi connectivity index (χ0) is 13.1. The van der Waals surface area contributed by atoms with Crippen molar-refractivity contribution in [3.8, 4) is 0 Å². The van der Waals surface area contributed by atoms with Gasteiger partial charge >= 0.3 is 0 Å². The largest absolute Gasteiger partial charge is 0.366 e. The summed E-state index contributed by atoms with van der Waals surface area (Å²) < 4.78 is 23.5. The van der Waals surface area contributed by atoms with Crippen molar-refractivity contribution in [2.45, 2.75) is 12.5 Å². The van der Waals surface area contributed by atoms with Crippen molar-refractivity contribution in [3.05, 3.63) is 47.4 Å². The molecule has 1 fully saturated rings. The summed E-state index contributed by atoms with van der Waals surface area (Å²) >= 11 is 0. The van der Waals surface area contributed by atoms with E-state index in [2.05, 4.69) is 15.5 Å². The first-order valence-electron chi connectivity index (χ1n) is 6.20. The van der Waals surface area contributed by atoms with E-state index in [1.54, 1.807) is 12.1 Å². The van der Waals surface area contributed by atoms with Crippen LogP contribution in [0.25, 0.3) is 0 Å². The second-order valence-electron chi connectivity index (χ2n) is 4.42. The number of morpholine rings is 1. The summed E-state index contributed by atoms with van der Waals surface area (Å²) in [5, 5.41) is 7.13. The van der Waals surface area contributed by atoms with Gasteiger partial charge in [0, 0.05) is 19.5 Å². The molecule has 1 unspecified atom stereocenters. The molecule has 1 atom stereocenters. The molecule has 6 heteroatoms. The Morgan fingerprint density at radius 1 is 1.32 bits per heavy atom. The van der Waals surface area contributed by atoms with E-state index < -0.39 is 0 Å². The third-order valence-electron chi connectivity index (χ3n) is 2.96. The van der Waals surface area contributed by atoms with E-state index in [1.807, 2.05) is 0 Å². The third kappa shape index (κ3) is 2.97. The molecule has 1 saturated heterocycles. The summed E-state index contributed by atoms with van der Waals surface area (Å²) in [4.78, 5) is 4.32. The number of hydrogen-bond acceptors (Lipinski definition) is 5. The summed E-state index contributed by atoms with van der Waals surface area (Å²) in [6, 6.07) is 6.27. The van der Waals surface area contributed by atoms with E-state index in [0.717, 1.165) is 12.1 Å². The lowest BCUT2D eigenvalue weighted by atomic mass is 10.1. The summed E-state index contributed by atoms with van der Waals surface area (Å²) in [7, 11) is 0. The van der Waals surface area contributed by atoms with Crippen LogP contribution < -0.4 is 5.32 Å². The molecule has 1 aromatic carbocycles. The molecule has 0 aliphatic carbocycles. The van der Waals surface area contributed by atoms with Gasteiger partial charge in [-0.3, -0.25) is 0 Å². The Morgan fingerprint density at radius 3 is 2.89 bits per heavy atom. The minimum atomic E-state index is -0.251. The first-order chi connectivity index (χ1) is 9.31. The predicted molar refractivity (Wildman–Crippen MR) is 65.1 cm³/mol. The first-order valence-corrected chi connectivity index (χ1v) is 6.20. The zero-order valence-corrected chi connectivity index (χ0v) is 10.3. The van der Waals surface area contributed by atoms with Crippen LogP contribution in [0.3, 0.4) is 0 Å². The molecule has 2 aromatic rings. The smallest absolute Gasteiger partial charge is 0.257 e. The molecular formula is C13H14FN3O2. The number of ether oxygens (including phenoxy) is 1. The molecule has 0 spiro atoms. The van der Waals surface area contributed by atoms with Crippen LogP contribution in [0.15, 0.2) is 28.8 Å². The molecule has 1 aliphatic rings.